The van der Waals surface area contributed by atoms with Crippen molar-refractivity contribution in [3.8, 4) is 11.3 Å². The van der Waals surface area contributed by atoms with E-state index >= 15 is 0 Å². The number of morpholine rings is 1. The van der Waals surface area contributed by atoms with E-state index in [1.54, 1.807) is 18.3 Å². The minimum absolute atomic E-state index is 0.0596. The summed E-state index contributed by atoms with van der Waals surface area (Å²) in [5.74, 6) is 1.29. The minimum atomic E-state index is -0.424. The predicted molar refractivity (Wildman–Crippen MR) is 80.8 cm³/mol. The smallest absolute Gasteiger partial charge is 0.269 e. The topological polar surface area (TPSA) is 81.1 Å². The highest BCUT2D eigenvalue weighted by molar-refractivity contribution is 5.77. The second-order valence-corrected chi connectivity index (χ2v) is 4.82. The van der Waals surface area contributed by atoms with Crippen molar-refractivity contribution in [2.45, 2.75) is 0 Å². The quantitative estimate of drug-likeness (QED) is 0.492. The van der Waals surface area contributed by atoms with Gasteiger partial charge in [0.05, 0.1) is 37.4 Å². The first-order valence-electron chi connectivity index (χ1n) is 6.94. The van der Waals surface area contributed by atoms with Gasteiger partial charge in [0.1, 0.15) is 11.5 Å². The van der Waals surface area contributed by atoms with E-state index in [1.165, 1.54) is 12.1 Å². The number of hydrogen-bond acceptors (Lipinski definition) is 6. The molecular formula is C15H15N3O4. The summed E-state index contributed by atoms with van der Waals surface area (Å²) in [4.78, 5) is 10.2. The number of ether oxygens (including phenoxy) is 1. The number of nitrogens with zero attached hydrogens (tertiary/aromatic N) is 3. The average Bonchev–Trinajstić information content (AvgIpc) is 3.03. The van der Waals surface area contributed by atoms with Crippen molar-refractivity contribution < 1.29 is 14.1 Å². The monoisotopic (exact) mass is 301 g/mol. The Labute approximate surface area is 126 Å². The lowest BCUT2D eigenvalue weighted by Crippen LogP contribution is -2.32. The van der Waals surface area contributed by atoms with Gasteiger partial charge in [0.25, 0.3) is 5.69 Å². The van der Waals surface area contributed by atoms with E-state index in [4.69, 9.17) is 9.15 Å². The van der Waals surface area contributed by atoms with Gasteiger partial charge in [-0.2, -0.15) is 5.10 Å². The Bertz CT molecular complexity index is 672. The van der Waals surface area contributed by atoms with Crippen molar-refractivity contribution >= 4 is 11.9 Å². The van der Waals surface area contributed by atoms with Crippen LogP contribution in [0.2, 0.25) is 0 Å². The van der Waals surface area contributed by atoms with Crippen LogP contribution in [-0.2, 0) is 4.74 Å². The summed E-state index contributed by atoms with van der Waals surface area (Å²) in [5.41, 5.74) is 0.848. The summed E-state index contributed by atoms with van der Waals surface area (Å²) < 4.78 is 10.9. The van der Waals surface area contributed by atoms with Crippen LogP contribution in [0.1, 0.15) is 5.76 Å². The van der Waals surface area contributed by atoms with E-state index in [0.29, 0.717) is 24.7 Å². The molecule has 0 unspecified atom stereocenters. The molecule has 0 bridgehead atoms. The maximum atomic E-state index is 10.6. The molecule has 1 aromatic heterocycles. The molecule has 0 spiro atoms. The third-order valence-electron chi connectivity index (χ3n) is 3.33. The Balaban J connectivity index is 1.70. The Morgan fingerprint density at radius 3 is 2.55 bits per heavy atom. The molecule has 0 saturated carbocycles. The van der Waals surface area contributed by atoms with E-state index in [1.807, 2.05) is 17.1 Å². The maximum Gasteiger partial charge on any atom is 0.269 e. The summed E-state index contributed by atoms with van der Waals surface area (Å²) in [6.45, 7) is 2.91. The second-order valence-electron chi connectivity index (χ2n) is 4.82. The molecular weight excluding hydrogens is 286 g/mol. The van der Waals surface area contributed by atoms with Gasteiger partial charge in [0.2, 0.25) is 0 Å². The lowest BCUT2D eigenvalue weighted by Gasteiger charge is -2.23. The highest BCUT2D eigenvalue weighted by atomic mass is 16.6. The molecule has 0 atom stereocenters. The van der Waals surface area contributed by atoms with Gasteiger partial charge in [-0.3, -0.25) is 15.1 Å². The minimum Gasteiger partial charge on any atom is -0.455 e. The molecule has 1 fully saturated rings. The average molecular weight is 301 g/mol. The van der Waals surface area contributed by atoms with Gasteiger partial charge in [0.15, 0.2) is 0 Å². The van der Waals surface area contributed by atoms with E-state index in [0.717, 1.165) is 18.7 Å². The van der Waals surface area contributed by atoms with Gasteiger partial charge in [-0.25, -0.2) is 0 Å². The first-order chi connectivity index (χ1) is 10.7. The van der Waals surface area contributed by atoms with Crippen LogP contribution in [0.3, 0.4) is 0 Å². The Morgan fingerprint density at radius 2 is 1.86 bits per heavy atom. The Morgan fingerprint density at radius 1 is 1.14 bits per heavy atom. The number of hydrazone groups is 1. The fourth-order valence-electron chi connectivity index (χ4n) is 2.13. The van der Waals surface area contributed by atoms with E-state index in [9.17, 15) is 10.1 Å². The summed E-state index contributed by atoms with van der Waals surface area (Å²) in [7, 11) is 0. The van der Waals surface area contributed by atoms with Gasteiger partial charge in [-0.1, -0.05) is 0 Å². The van der Waals surface area contributed by atoms with Crippen molar-refractivity contribution in [3.05, 3.63) is 52.3 Å². The first kappa shape index (κ1) is 14.3. The Hall–Kier alpha value is -2.67. The number of nitro benzene ring substituents is 1. The normalized spacial score (nSPS) is 15.4. The molecule has 0 amide bonds. The lowest BCUT2D eigenvalue weighted by atomic mass is 10.1. The molecule has 3 rings (SSSR count). The van der Waals surface area contributed by atoms with E-state index < -0.39 is 4.92 Å². The molecule has 2 aromatic rings. The predicted octanol–water partition coefficient (Wildman–Crippen LogP) is 2.52. The van der Waals surface area contributed by atoms with Crippen LogP contribution in [0.15, 0.2) is 45.9 Å². The second kappa shape index (κ2) is 6.40. The maximum absolute atomic E-state index is 10.6. The van der Waals surface area contributed by atoms with Gasteiger partial charge >= 0.3 is 0 Å². The fraction of sp³-hybridized carbons (Fsp3) is 0.267. The number of nitro groups is 1. The van der Waals surface area contributed by atoms with Crippen molar-refractivity contribution in [3.63, 3.8) is 0 Å². The largest absolute Gasteiger partial charge is 0.455 e. The van der Waals surface area contributed by atoms with E-state index in [-0.39, 0.29) is 5.69 Å². The van der Waals surface area contributed by atoms with Crippen molar-refractivity contribution in [1.29, 1.82) is 0 Å². The molecule has 0 aliphatic carbocycles. The number of rotatable bonds is 4. The van der Waals surface area contributed by atoms with Crippen LogP contribution in [0, 0.1) is 10.1 Å². The zero-order valence-corrected chi connectivity index (χ0v) is 11.8. The van der Waals surface area contributed by atoms with Crippen molar-refractivity contribution in [2.75, 3.05) is 26.3 Å². The fourth-order valence-corrected chi connectivity index (χ4v) is 2.13. The molecule has 1 saturated heterocycles. The van der Waals surface area contributed by atoms with Crippen LogP contribution in [0.5, 0.6) is 0 Å². The molecule has 1 aliphatic heterocycles. The first-order valence-corrected chi connectivity index (χ1v) is 6.94. The Kier molecular flexibility index (Phi) is 4.15. The van der Waals surface area contributed by atoms with Gasteiger partial charge < -0.3 is 9.15 Å². The van der Waals surface area contributed by atoms with E-state index in [2.05, 4.69) is 5.10 Å². The van der Waals surface area contributed by atoms with Crippen LogP contribution < -0.4 is 0 Å². The van der Waals surface area contributed by atoms with Gasteiger partial charge in [0, 0.05) is 17.7 Å². The molecule has 22 heavy (non-hydrogen) atoms. The summed E-state index contributed by atoms with van der Waals surface area (Å²) in [5, 5.41) is 16.9. The molecule has 7 heteroatoms. The third-order valence-corrected chi connectivity index (χ3v) is 3.33. The zero-order chi connectivity index (χ0) is 15.4. The lowest BCUT2D eigenvalue weighted by molar-refractivity contribution is -0.384. The number of benzene rings is 1. The SMILES string of the molecule is O=[N+]([O-])c1ccc(-c2ccc(/C=N/N3CCOCC3)o2)cc1. The molecule has 1 aromatic carbocycles. The molecule has 0 radical (unpaired) electrons. The van der Waals surface area contributed by atoms with Crippen LogP contribution >= 0.6 is 0 Å². The van der Waals surface area contributed by atoms with Gasteiger partial charge in [-0.15, -0.1) is 0 Å². The van der Waals surface area contributed by atoms with Crippen LogP contribution in [0.25, 0.3) is 11.3 Å². The standard InChI is InChI=1S/C15H15N3O4/c19-18(20)13-3-1-12(2-4-13)15-6-5-14(22-15)11-16-17-7-9-21-10-8-17/h1-6,11H,7-10H2/b16-11+. The zero-order valence-electron chi connectivity index (χ0n) is 11.8. The highest BCUT2D eigenvalue weighted by Crippen LogP contribution is 2.24. The van der Waals surface area contributed by atoms with Gasteiger partial charge in [-0.05, 0) is 24.3 Å². The number of furan rings is 1. The van der Waals surface area contributed by atoms with Crippen molar-refractivity contribution in [1.82, 2.24) is 5.01 Å². The molecule has 2 heterocycles. The molecule has 0 N–H and O–H groups in total. The van der Waals surface area contributed by atoms with Crippen LogP contribution in [-0.4, -0.2) is 42.5 Å². The third kappa shape index (κ3) is 3.32. The molecule has 7 nitrogen and oxygen atoms in total. The summed E-state index contributed by atoms with van der Waals surface area (Å²) >= 11 is 0. The van der Waals surface area contributed by atoms with Crippen LogP contribution in [0.4, 0.5) is 5.69 Å². The number of non-ortho nitro benzene ring substituents is 1. The molecule has 1 aliphatic rings. The highest BCUT2D eigenvalue weighted by Gasteiger charge is 2.09. The number of hydrogen-bond donors (Lipinski definition) is 0. The molecule has 114 valence electrons. The van der Waals surface area contributed by atoms with Crippen molar-refractivity contribution in [2.24, 2.45) is 5.10 Å². The summed E-state index contributed by atoms with van der Waals surface area (Å²) in [6, 6.07) is 9.89. The summed E-state index contributed by atoms with van der Waals surface area (Å²) in [6.07, 6.45) is 1.67.